The molecule has 0 spiro atoms. The number of imide groups is 1. The zero-order valence-corrected chi connectivity index (χ0v) is 12.7. The zero-order valence-electron chi connectivity index (χ0n) is 11.2. The van der Waals surface area contributed by atoms with Crippen LogP contribution in [0.2, 0.25) is 10.0 Å². The summed E-state index contributed by atoms with van der Waals surface area (Å²) < 4.78 is 0. The minimum atomic E-state index is -0.740. The fourth-order valence-corrected chi connectivity index (χ4v) is 2.37. The first kappa shape index (κ1) is 15.6. The Morgan fingerprint density at radius 2 is 2.05 bits per heavy atom. The number of rotatable bonds is 2. The van der Waals surface area contributed by atoms with E-state index in [1.54, 1.807) is 0 Å². The second-order valence-electron chi connectivity index (χ2n) is 4.72. The molecule has 2 rings (SSSR count). The molecule has 8 heteroatoms. The van der Waals surface area contributed by atoms with Crippen molar-refractivity contribution < 1.29 is 14.4 Å². The van der Waals surface area contributed by atoms with Crippen LogP contribution in [0.1, 0.15) is 23.2 Å². The summed E-state index contributed by atoms with van der Waals surface area (Å²) in [7, 11) is 1.39. The minimum Gasteiger partial charge on any atom is -0.397 e. The van der Waals surface area contributed by atoms with E-state index in [0.29, 0.717) is 0 Å². The molecule has 0 bridgehead atoms. The maximum absolute atomic E-state index is 12.1. The molecule has 0 radical (unpaired) electrons. The highest BCUT2D eigenvalue weighted by Gasteiger charge is 2.32. The molecule has 112 valence electrons. The maximum atomic E-state index is 12.1. The van der Waals surface area contributed by atoms with Crippen molar-refractivity contribution in [3.05, 3.63) is 27.7 Å². The van der Waals surface area contributed by atoms with Crippen molar-refractivity contribution in [3.63, 3.8) is 0 Å². The van der Waals surface area contributed by atoms with Crippen LogP contribution >= 0.6 is 23.2 Å². The molecule has 3 amide bonds. The lowest BCUT2D eigenvalue weighted by Crippen LogP contribution is -2.52. The van der Waals surface area contributed by atoms with Crippen molar-refractivity contribution in [1.82, 2.24) is 10.2 Å². The monoisotopic (exact) mass is 329 g/mol. The third-order valence-corrected chi connectivity index (χ3v) is 4.09. The third-order valence-electron chi connectivity index (χ3n) is 3.27. The van der Waals surface area contributed by atoms with Crippen LogP contribution in [-0.4, -0.2) is 35.7 Å². The molecule has 1 saturated heterocycles. The topological polar surface area (TPSA) is 92.5 Å². The predicted molar refractivity (Wildman–Crippen MR) is 79.1 cm³/mol. The molecule has 1 unspecified atom stereocenters. The molecule has 1 heterocycles. The fraction of sp³-hybridized carbons (Fsp3) is 0.308. The highest BCUT2D eigenvalue weighted by Crippen LogP contribution is 2.29. The number of halogens is 2. The van der Waals surface area contributed by atoms with Gasteiger partial charge in [0.05, 0.1) is 15.7 Å². The highest BCUT2D eigenvalue weighted by atomic mass is 35.5. The number of piperidine rings is 1. The van der Waals surface area contributed by atoms with E-state index in [1.165, 1.54) is 19.2 Å². The number of likely N-dealkylation sites (tertiary alicyclic amines) is 1. The summed E-state index contributed by atoms with van der Waals surface area (Å²) in [5.74, 6) is -1.20. The Morgan fingerprint density at radius 3 is 2.67 bits per heavy atom. The number of carbonyl (C=O) groups is 3. The van der Waals surface area contributed by atoms with Crippen molar-refractivity contribution >= 4 is 46.6 Å². The first-order valence-electron chi connectivity index (χ1n) is 6.17. The van der Waals surface area contributed by atoms with E-state index in [2.05, 4.69) is 5.32 Å². The van der Waals surface area contributed by atoms with Gasteiger partial charge in [-0.2, -0.15) is 0 Å². The van der Waals surface area contributed by atoms with Gasteiger partial charge >= 0.3 is 0 Å². The molecule has 1 aromatic rings. The molecule has 1 atom stereocenters. The van der Waals surface area contributed by atoms with Crippen molar-refractivity contribution in [2.24, 2.45) is 0 Å². The highest BCUT2D eigenvalue weighted by molar-refractivity contribution is 6.43. The normalized spacial score (nSPS) is 18.8. The van der Waals surface area contributed by atoms with Gasteiger partial charge in [0.15, 0.2) is 0 Å². The molecule has 21 heavy (non-hydrogen) atoms. The SMILES string of the molecule is CN1C(=O)CCC(NC(=O)c2cc(N)c(Cl)c(Cl)c2)C1=O. The molecule has 3 N–H and O–H groups in total. The summed E-state index contributed by atoms with van der Waals surface area (Å²) >= 11 is 11.7. The van der Waals surface area contributed by atoms with Crippen LogP contribution in [0.5, 0.6) is 0 Å². The van der Waals surface area contributed by atoms with Crippen LogP contribution in [0.4, 0.5) is 5.69 Å². The van der Waals surface area contributed by atoms with E-state index in [1.807, 2.05) is 0 Å². The van der Waals surface area contributed by atoms with Crippen molar-refractivity contribution in [3.8, 4) is 0 Å². The minimum absolute atomic E-state index is 0.157. The van der Waals surface area contributed by atoms with Crippen molar-refractivity contribution in [2.45, 2.75) is 18.9 Å². The van der Waals surface area contributed by atoms with E-state index in [4.69, 9.17) is 28.9 Å². The molecule has 0 aromatic heterocycles. The molecule has 1 aliphatic heterocycles. The van der Waals surface area contributed by atoms with Gasteiger partial charge in [-0.1, -0.05) is 23.2 Å². The Kier molecular flexibility index (Phi) is 4.39. The summed E-state index contributed by atoms with van der Waals surface area (Å²) in [6, 6.07) is 2.01. The van der Waals surface area contributed by atoms with Gasteiger partial charge < -0.3 is 11.1 Å². The van der Waals surface area contributed by atoms with E-state index >= 15 is 0 Å². The lowest BCUT2D eigenvalue weighted by molar-refractivity contribution is -0.147. The first-order chi connectivity index (χ1) is 9.81. The first-order valence-corrected chi connectivity index (χ1v) is 6.92. The zero-order chi connectivity index (χ0) is 15.7. The van der Waals surface area contributed by atoms with Crippen molar-refractivity contribution in [1.29, 1.82) is 0 Å². The summed E-state index contributed by atoms with van der Waals surface area (Å²) in [6.45, 7) is 0. The van der Waals surface area contributed by atoms with Crippen molar-refractivity contribution in [2.75, 3.05) is 12.8 Å². The third kappa shape index (κ3) is 3.11. The maximum Gasteiger partial charge on any atom is 0.252 e. The summed E-state index contributed by atoms with van der Waals surface area (Å²) in [6.07, 6.45) is 0.473. The standard InChI is InChI=1S/C13H13Cl2N3O3/c1-18-10(19)3-2-9(13(18)21)17-12(20)6-4-7(14)11(15)8(16)5-6/h4-5,9H,2-3,16H2,1H3,(H,17,20). The smallest absolute Gasteiger partial charge is 0.252 e. The van der Waals surface area contributed by atoms with E-state index in [-0.39, 0.29) is 40.0 Å². The van der Waals surface area contributed by atoms with Crippen LogP contribution in [0.25, 0.3) is 0 Å². The number of nitrogens with zero attached hydrogens (tertiary/aromatic N) is 1. The number of anilines is 1. The molecule has 6 nitrogen and oxygen atoms in total. The number of nitrogens with one attached hydrogen (secondary N) is 1. The summed E-state index contributed by atoms with van der Waals surface area (Å²) in [4.78, 5) is 36.4. The average Bonchev–Trinajstić information content (AvgIpc) is 2.44. The Bertz CT molecular complexity index is 610. The molecule has 1 fully saturated rings. The molecular weight excluding hydrogens is 317 g/mol. The lowest BCUT2D eigenvalue weighted by atomic mass is 10.0. The number of carbonyl (C=O) groups excluding carboxylic acids is 3. The largest absolute Gasteiger partial charge is 0.397 e. The van der Waals surface area contributed by atoms with Crippen LogP contribution < -0.4 is 11.1 Å². The Labute approximate surface area is 131 Å². The number of nitrogen functional groups attached to an aromatic ring is 1. The quantitative estimate of drug-likeness (QED) is 0.634. The average molecular weight is 330 g/mol. The second kappa shape index (κ2) is 5.91. The van der Waals surface area contributed by atoms with Gasteiger partial charge in [0.25, 0.3) is 11.8 Å². The van der Waals surface area contributed by atoms with Gasteiger partial charge in [0.1, 0.15) is 6.04 Å². The van der Waals surface area contributed by atoms with Gasteiger partial charge in [-0.05, 0) is 18.6 Å². The predicted octanol–water partition coefficient (Wildman–Crippen LogP) is 1.45. The molecule has 0 aliphatic carbocycles. The summed E-state index contributed by atoms with van der Waals surface area (Å²) in [5, 5.41) is 2.90. The number of benzene rings is 1. The van der Waals surface area contributed by atoms with E-state index in [0.717, 1.165) is 4.90 Å². The van der Waals surface area contributed by atoms with E-state index < -0.39 is 17.9 Å². The number of hydrogen-bond acceptors (Lipinski definition) is 4. The molecule has 1 aliphatic rings. The Balaban J connectivity index is 2.15. The molecular formula is C13H13Cl2N3O3. The number of likely N-dealkylation sites (N-methyl/N-ethyl adjacent to an activating group) is 1. The van der Waals surface area contributed by atoms with Crippen LogP contribution in [0.15, 0.2) is 12.1 Å². The van der Waals surface area contributed by atoms with Gasteiger partial charge in [0, 0.05) is 19.0 Å². The van der Waals surface area contributed by atoms with Gasteiger partial charge in [-0.3, -0.25) is 19.3 Å². The molecule has 0 saturated carbocycles. The summed E-state index contributed by atoms with van der Waals surface area (Å²) in [5.41, 5.74) is 6.02. The van der Waals surface area contributed by atoms with Gasteiger partial charge in [-0.15, -0.1) is 0 Å². The van der Waals surface area contributed by atoms with Crippen LogP contribution in [0, 0.1) is 0 Å². The van der Waals surface area contributed by atoms with E-state index in [9.17, 15) is 14.4 Å². The Morgan fingerprint density at radius 1 is 1.38 bits per heavy atom. The number of nitrogens with two attached hydrogens (primary N) is 1. The lowest BCUT2D eigenvalue weighted by Gasteiger charge is -2.28. The number of hydrogen-bond donors (Lipinski definition) is 2. The fourth-order valence-electron chi connectivity index (χ4n) is 2.03. The van der Waals surface area contributed by atoms with Gasteiger partial charge in [0.2, 0.25) is 5.91 Å². The van der Waals surface area contributed by atoms with Gasteiger partial charge in [-0.25, -0.2) is 0 Å². The van der Waals surface area contributed by atoms with Crippen LogP contribution in [0.3, 0.4) is 0 Å². The Hall–Kier alpha value is -1.79. The number of amides is 3. The van der Waals surface area contributed by atoms with Crippen LogP contribution in [-0.2, 0) is 9.59 Å². The molecule has 1 aromatic carbocycles. The second-order valence-corrected chi connectivity index (χ2v) is 5.50.